The van der Waals surface area contributed by atoms with Gasteiger partial charge in [0.1, 0.15) is 0 Å². The maximum Gasteiger partial charge on any atom is 0.409 e. The van der Waals surface area contributed by atoms with Crippen molar-refractivity contribution in [2.24, 2.45) is 0 Å². The zero-order valence-electron chi connectivity index (χ0n) is 14.2. The molecule has 2 heterocycles. The molecule has 1 saturated heterocycles. The number of amides is 1. The van der Waals surface area contributed by atoms with E-state index < -0.39 is 0 Å². The molecule has 0 N–H and O–H groups in total. The lowest BCUT2D eigenvalue weighted by Crippen LogP contribution is -2.49. The molecule has 0 aromatic carbocycles. The summed E-state index contributed by atoms with van der Waals surface area (Å²) in [5, 5.41) is 8.18. The van der Waals surface area contributed by atoms with Gasteiger partial charge in [0.2, 0.25) is 5.95 Å². The van der Waals surface area contributed by atoms with Gasteiger partial charge >= 0.3 is 6.09 Å². The Morgan fingerprint density at radius 2 is 2.04 bits per heavy atom. The van der Waals surface area contributed by atoms with Crippen LogP contribution in [0.5, 0.6) is 0 Å². The van der Waals surface area contributed by atoms with Crippen LogP contribution in [0.4, 0.5) is 16.6 Å². The lowest BCUT2D eigenvalue weighted by molar-refractivity contribution is 0.105. The average molecular weight is 322 g/mol. The predicted octanol–water partition coefficient (Wildman–Crippen LogP) is 1.39. The second kappa shape index (κ2) is 8.50. The molecule has 1 aromatic rings. The van der Waals surface area contributed by atoms with Crippen molar-refractivity contribution in [3.63, 3.8) is 0 Å². The van der Waals surface area contributed by atoms with Crippen LogP contribution < -0.4 is 9.80 Å². The Morgan fingerprint density at radius 1 is 1.30 bits per heavy atom. The summed E-state index contributed by atoms with van der Waals surface area (Å²) >= 11 is 0. The lowest BCUT2D eigenvalue weighted by atomic mass is 10.3. The van der Waals surface area contributed by atoms with Gasteiger partial charge in [0.25, 0.3) is 0 Å². The molecule has 128 valence electrons. The summed E-state index contributed by atoms with van der Waals surface area (Å²) in [7, 11) is 1.98. The minimum atomic E-state index is -0.243. The van der Waals surface area contributed by atoms with Crippen molar-refractivity contribution in [3.05, 3.63) is 6.20 Å². The fraction of sp³-hybridized carbons (Fsp3) is 0.733. The normalized spacial score (nSPS) is 14.7. The molecule has 0 aliphatic carbocycles. The molecule has 0 saturated carbocycles. The van der Waals surface area contributed by atoms with Gasteiger partial charge in [-0.1, -0.05) is 13.3 Å². The fourth-order valence-electron chi connectivity index (χ4n) is 2.43. The highest BCUT2D eigenvalue weighted by atomic mass is 16.6. The SMILES string of the molecule is CCCCN(C)c1nncc(N2CCN(C(=O)OCC)CC2)n1. The Bertz CT molecular complexity index is 504. The molecular formula is C15H26N6O2. The predicted molar refractivity (Wildman–Crippen MR) is 88.8 cm³/mol. The van der Waals surface area contributed by atoms with Gasteiger partial charge < -0.3 is 19.4 Å². The Hall–Kier alpha value is -2.12. The highest BCUT2D eigenvalue weighted by molar-refractivity contribution is 5.68. The molecule has 1 amide bonds. The molecule has 0 atom stereocenters. The maximum atomic E-state index is 11.7. The molecule has 23 heavy (non-hydrogen) atoms. The Kier molecular flexibility index (Phi) is 6.37. The first kappa shape index (κ1) is 17.2. The minimum Gasteiger partial charge on any atom is -0.450 e. The van der Waals surface area contributed by atoms with Gasteiger partial charge in [-0.05, 0) is 13.3 Å². The van der Waals surface area contributed by atoms with Crippen LogP contribution >= 0.6 is 0 Å². The van der Waals surface area contributed by atoms with E-state index >= 15 is 0 Å². The van der Waals surface area contributed by atoms with Gasteiger partial charge in [0.05, 0.1) is 12.8 Å². The van der Waals surface area contributed by atoms with Gasteiger partial charge in [-0.15, -0.1) is 5.10 Å². The quantitative estimate of drug-likeness (QED) is 0.783. The number of hydrogen-bond acceptors (Lipinski definition) is 7. The van der Waals surface area contributed by atoms with Crippen molar-refractivity contribution in [2.45, 2.75) is 26.7 Å². The number of carbonyl (C=O) groups is 1. The summed E-state index contributed by atoms with van der Waals surface area (Å²) in [5.74, 6) is 1.45. The lowest BCUT2D eigenvalue weighted by Gasteiger charge is -2.34. The van der Waals surface area contributed by atoms with Gasteiger partial charge in [-0.2, -0.15) is 10.1 Å². The minimum absolute atomic E-state index is 0.243. The maximum absolute atomic E-state index is 11.7. The van der Waals surface area contributed by atoms with Crippen LogP contribution in [0.15, 0.2) is 6.20 Å². The molecule has 1 aliphatic heterocycles. The number of piperazine rings is 1. The first-order valence-corrected chi connectivity index (χ1v) is 8.23. The van der Waals surface area contributed by atoms with Crippen LogP contribution in [0, 0.1) is 0 Å². The summed E-state index contributed by atoms with van der Waals surface area (Å²) in [6.07, 6.45) is 3.67. The topological polar surface area (TPSA) is 74.7 Å². The Morgan fingerprint density at radius 3 is 2.70 bits per heavy atom. The summed E-state index contributed by atoms with van der Waals surface area (Å²) in [6, 6.07) is 0. The van der Waals surface area contributed by atoms with Crippen LogP contribution in [-0.2, 0) is 4.74 Å². The zero-order chi connectivity index (χ0) is 16.7. The van der Waals surface area contributed by atoms with Gasteiger partial charge in [-0.3, -0.25) is 0 Å². The number of ether oxygens (including phenoxy) is 1. The van der Waals surface area contributed by atoms with E-state index in [0.717, 1.165) is 38.3 Å². The Labute approximate surface area is 137 Å². The zero-order valence-corrected chi connectivity index (χ0v) is 14.2. The first-order chi connectivity index (χ1) is 11.2. The molecule has 1 fully saturated rings. The Balaban J connectivity index is 1.94. The second-order valence-corrected chi connectivity index (χ2v) is 5.56. The number of carbonyl (C=O) groups excluding carboxylic acids is 1. The molecule has 2 rings (SSSR count). The molecule has 1 aromatic heterocycles. The van der Waals surface area contributed by atoms with Crippen molar-refractivity contribution in [3.8, 4) is 0 Å². The van der Waals surface area contributed by atoms with Crippen LogP contribution in [0.25, 0.3) is 0 Å². The molecule has 1 aliphatic rings. The molecule has 0 radical (unpaired) electrons. The monoisotopic (exact) mass is 322 g/mol. The molecule has 0 spiro atoms. The van der Waals surface area contributed by atoms with E-state index in [0.29, 0.717) is 25.6 Å². The molecule has 0 unspecified atom stereocenters. The highest BCUT2D eigenvalue weighted by Crippen LogP contribution is 2.15. The molecular weight excluding hydrogens is 296 g/mol. The van der Waals surface area contributed by atoms with E-state index in [9.17, 15) is 4.79 Å². The highest BCUT2D eigenvalue weighted by Gasteiger charge is 2.23. The number of unbranched alkanes of at least 4 members (excludes halogenated alkanes) is 1. The van der Waals surface area contributed by atoms with E-state index in [1.165, 1.54) is 0 Å². The first-order valence-electron chi connectivity index (χ1n) is 8.23. The number of anilines is 2. The van der Waals surface area contributed by atoms with Gasteiger partial charge in [0.15, 0.2) is 5.82 Å². The van der Waals surface area contributed by atoms with Gasteiger partial charge in [-0.25, -0.2) is 4.79 Å². The summed E-state index contributed by atoms with van der Waals surface area (Å²) in [5.41, 5.74) is 0. The van der Waals surface area contributed by atoms with Crippen molar-refractivity contribution in [1.29, 1.82) is 0 Å². The van der Waals surface area contributed by atoms with Crippen LogP contribution in [-0.4, -0.2) is 72.6 Å². The van der Waals surface area contributed by atoms with E-state index in [1.54, 1.807) is 11.1 Å². The molecule has 8 heteroatoms. The smallest absolute Gasteiger partial charge is 0.409 e. The van der Waals surface area contributed by atoms with E-state index in [1.807, 2.05) is 18.9 Å². The third-order valence-electron chi connectivity index (χ3n) is 3.85. The van der Waals surface area contributed by atoms with Crippen LogP contribution in [0.2, 0.25) is 0 Å². The average Bonchev–Trinajstić information content (AvgIpc) is 2.60. The van der Waals surface area contributed by atoms with Crippen molar-refractivity contribution in [1.82, 2.24) is 20.1 Å². The third kappa shape index (κ3) is 4.67. The fourth-order valence-corrected chi connectivity index (χ4v) is 2.43. The molecule has 0 bridgehead atoms. The summed E-state index contributed by atoms with van der Waals surface area (Å²) in [6.45, 7) is 7.99. The largest absolute Gasteiger partial charge is 0.450 e. The standard InChI is InChI=1S/C15H26N6O2/c1-4-6-7-19(3)14-17-13(12-16-18-14)20-8-10-21(11-9-20)15(22)23-5-2/h12H,4-11H2,1-3H3. The van der Waals surface area contributed by atoms with E-state index in [2.05, 4.69) is 27.0 Å². The number of rotatable bonds is 6. The second-order valence-electron chi connectivity index (χ2n) is 5.56. The molecule has 8 nitrogen and oxygen atoms in total. The number of hydrogen-bond donors (Lipinski definition) is 0. The van der Waals surface area contributed by atoms with Gasteiger partial charge in [0, 0.05) is 39.8 Å². The van der Waals surface area contributed by atoms with E-state index in [-0.39, 0.29) is 6.09 Å². The number of aromatic nitrogens is 3. The van der Waals surface area contributed by atoms with Crippen LogP contribution in [0.1, 0.15) is 26.7 Å². The third-order valence-corrected chi connectivity index (χ3v) is 3.85. The van der Waals surface area contributed by atoms with E-state index in [4.69, 9.17) is 4.74 Å². The number of nitrogens with zero attached hydrogens (tertiary/aromatic N) is 6. The van der Waals surface area contributed by atoms with Crippen LogP contribution in [0.3, 0.4) is 0 Å². The summed E-state index contributed by atoms with van der Waals surface area (Å²) in [4.78, 5) is 22.2. The summed E-state index contributed by atoms with van der Waals surface area (Å²) < 4.78 is 5.03. The van der Waals surface area contributed by atoms with Crippen molar-refractivity contribution < 1.29 is 9.53 Å². The van der Waals surface area contributed by atoms with Crippen molar-refractivity contribution >= 4 is 17.9 Å². The van der Waals surface area contributed by atoms with Crippen molar-refractivity contribution in [2.75, 3.05) is 56.2 Å².